The number of halogens is 2. The fourth-order valence-corrected chi connectivity index (χ4v) is 3.97. The van der Waals surface area contributed by atoms with Crippen molar-refractivity contribution in [2.24, 2.45) is 5.92 Å². The van der Waals surface area contributed by atoms with Gasteiger partial charge < -0.3 is 14.8 Å². The molecule has 1 aliphatic heterocycles. The Hall–Kier alpha value is -2.15. The van der Waals surface area contributed by atoms with E-state index in [0.29, 0.717) is 43.7 Å². The van der Waals surface area contributed by atoms with Gasteiger partial charge in [0.05, 0.1) is 0 Å². The Morgan fingerprint density at radius 3 is 2.61 bits per heavy atom. The third kappa shape index (κ3) is 4.63. The highest BCUT2D eigenvalue weighted by atomic mass is 79.9. The molecule has 0 spiro atoms. The fourth-order valence-electron chi connectivity index (χ4n) is 3.50. The summed E-state index contributed by atoms with van der Waals surface area (Å²) >= 11 is 3.42. The molecule has 1 N–H and O–H groups in total. The van der Waals surface area contributed by atoms with Gasteiger partial charge in [0.1, 0.15) is 11.5 Å². The van der Waals surface area contributed by atoms with Crippen molar-refractivity contribution in [2.45, 2.75) is 39.8 Å². The van der Waals surface area contributed by atoms with E-state index in [1.165, 1.54) is 6.07 Å². The fraction of sp³-hybridized carbons (Fsp3) is 0.429. The summed E-state index contributed by atoms with van der Waals surface area (Å²) in [6.45, 7) is 5.87. The van der Waals surface area contributed by atoms with Crippen LogP contribution in [0.4, 0.5) is 4.39 Å². The van der Waals surface area contributed by atoms with E-state index in [4.69, 9.17) is 0 Å². The van der Waals surface area contributed by atoms with Gasteiger partial charge in [0, 0.05) is 42.8 Å². The molecule has 2 aromatic rings. The van der Waals surface area contributed by atoms with Crippen molar-refractivity contribution < 1.29 is 14.0 Å². The number of benzene rings is 1. The summed E-state index contributed by atoms with van der Waals surface area (Å²) in [6, 6.07) is 6.83. The first-order chi connectivity index (χ1) is 13.4. The molecule has 5 nitrogen and oxygen atoms in total. The first-order valence-electron chi connectivity index (χ1n) is 9.56. The van der Waals surface area contributed by atoms with Crippen LogP contribution in [0, 0.1) is 18.7 Å². The summed E-state index contributed by atoms with van der Waals surface area (Å²) in [7, 11) is 0. The van der Waals surface area contributed by atoms with E-state index >= 15 is 0 Å². The number of nitrogens with one attached hydrogen (secondary N) is 1. The minimum atomic E-state index is -0.262. The zero-order valence-corrected chi connectivity index (χ0v) is 17.8. The molecule has 150 valence electrons. The first kappa shape index (κ1) is 20.6. The van der Waals surface area contributed by atoms with Crippen molar-refractivity contribution in [1.29, 1.82) is 0 Å². The van der Waals surface area contributed by atoms with E-state index in [2.05, 4.69) is 21.2 Å². The number of hydrogen-bond donors (Lipinski definition) is 1. The summed E-state index contributed by atoms with van der Waals surface area (Å²) in [5.74, 6) is -0.416. The van der Waals surface area contributed by atoms with Crippen LogP contribution in [-0.2, 0) is 17.9 Å². The maximum absolute atomic E-state index is 13.6. The minimum absolute atomic E-state index is 0.00142. The summed E-state index contributed by atoms with van der Waals surface area (Å²) in [5.41, 5.74) is 2.00. The lowest BCUT2D eigenvalue weighted by Crippen LogP contribution is -2.43. The molecule has 1 aromatic heterocycles. The van der Waals surface area contributed by atoms with Crippen LogP contribution in [0.1, 0.15) is 41.4 Å². The Kier molecular flexibility index (Phi) is 6.54. The highest BCUT2D eigenvalue weighted by molar-refractivity contribution is 9.10. The average molecular weight is 450 g/mol. The Balaban J connectivity index is 1.52. The minimum Gasteiger partial charge on any atom is -0.352 e. The predicted octanol–water partition coefficient (Wildman–Crippen LogP) is 3.89. The first-order valence-corrected chi connectivity index (χ1v) is 10.4. The molecular formula is C21H25BrFN3O2. The molecule has 3 rings (SSSR count). The molecule has 1 aliphatic rings. The van der Waals surface area contributed by atoms with Crippen molar-refractivity contribution >= 4 is 27.7 Å². The lowest BCUT2D eigenvalue weighted by molar-refractivity contribution is -0.126. The molecule has 0 saturated carbocycles. The largest absolute Gasteiger partial charge is 0.352 e. The van der Waals surface area contributed by atoms with Crippen LogP contribution < -0.4 is 5.32 Å². The average Bonchev–Trinajstić information content (AvgIpc) is 3.09. The lowest BCUT2D eigenvalue weighted by atomic mass is 9.95. The third-order valence-corrected chi connectivity index (χ3v) is 5.71. The molecular weight excluding hydrogens is 425 g/mol. The van der Waals surface area contributed by atoms with Gasteiger partial charge in [0.2, 0.25) is 5.91 Å². The topological polar surface area (TPSA) is 54.3 Å². The highest BCUT2D eigenvalue weighted by Gasteiger charge is 2.28. The number of likely N-dealkylation sites (tertiary alicyclic amines) is 1. The van der Waals surface area contributed by atoms with Gasteiger partial charge in [-0.25, -0.2) is 4.39 Å². The monoisotopic (exact) mass is 449 g/mol. The molecule has 2 heterocycles. The molecule has 7 heteroatoms. The summed E-state index contributed by atoms with van der Waals surface area (Å²) < 4.78 is 16.4. The second-order valence-electron chi connectivity index (χ2n) is 7.20. The van der Waals surface area contributed by atoms with Gasteiger partial charge in [-0.05, 0) is 65.9 Å². The Morgan fingerprint density at radius 2 is 1.96 bits per heavy atom. The molecule has 0 radical (unpaired) electrons. The normalized spacial score (nSPS) is 14.9. The Labute approximate surface area is 173 Å². The van der Waals surface area contributed by atoms with Crippen LogP contribution in [0.3, 0.4) is 0 Å². The van der Waals surface area contributed by atoms with Crippen molar-refractivity contribution in [3.63, 3.8) is 0 Å². The van der Waals surface area contributed by atoms with Gasteiger partial charge in [-0.3, -0.25) is 9.59 Å². The number of hydrogen-bond acceptors (Lipinski definition) is 2. The van der Waals surface area contributed by atoms with Crippen LogP contribution in [0.25, 0.3) is 0 Å². The van der Waals surface area contributed by atoms with Gasteiger partial charge in [0.25, 0.3) is 5.91 Å². The second kappa shape index (κ2) is 8.90. The highest BCUT2D eigenvalue weighted by Crippen LogP contribution is 2.22. The van der Waals surface area contributed by atoms with Crippen molar-refractivity contribution in [2.75, 3.05) is 13.1 Å². The maximum atomic E-state index is 13.6. The molecule has 1 fully saturated rings. The van der Waals surface area contributed by atoms with Crippen LogP contribution in [-0.4, -0.2) is 34.4 Å². The van der Waals surface area contributed by atoms with E-state index in [9.17, 15) is 14.0 Å². The number of carbonyl (C=O) groups is 2. The van der Waals surface area contributed by atoms with E-state index in [1.54, 1.807) is 13.0 Å². The molecule has 0 unspecified atom stereocenters. The van der Waals surface area contributed by atoms with E-state index < -0.39 is 0 Å². The number of amides is 2. The summed E-state index contributed by atoms with van der Waals surface area (Å²) in [6.07, 6.45) is 3.17. The van der Waals surface area contributed by atoms with Crippen molar-refractivity contribution in [3.8, 4) is 0 Å². The molecule has 0 atom stereocenters. The number of carbonyl (C=O) groups excluding carboxylic acids is 2. The zero-order valence-electron chi connectivity index (χ0n) is 16.2. The van der Waals surface area contributed by atoms with E-state index in [0.717, 1.165) is 16.6 Å². The van der Waals surface area contributed by atoms with E-state index in [-0.39, 0.29) is 23.5 Å². The number of aromatic nitrogens is 1. The molecule has 1 aromatic carbocycles. The molecule has 28 heavy (non-hydrogen) atoms. The summed E-state index contributed by atoms with van der Waals surface area (Å²) in [4.78, 5) is 27.1. The van der Waals surface area contributed by atoms with E-state index in [1.807, 2.05) is 34.7 Å². The van der Waals surface area contributed by atoms with Gasteiger partial charge in [-0.2, -0.15) is 0 Å². The summed E-state index contributed by atoms with van der Waals surface area (Å²) in [5, 5.41) is 2.89. The van der Waals surface area contributed by atoms with Crippen LogP contribution in [0.2, 0.25) is 0 Å². The van der Waals surface area contributed by atoms with Gasteiger partial charge in [-0.15, -0.1) is 0 Å². The van der Waals surface area contributed by atoms with Crippen LogP contribution in [0.15, 0.2) is 34.9 Å². The number of aryl methyl sites for hydroxylation is 2. The van der Waals surface area contributed by atoms with Gasteiger partial charge >= 0.3 is 0 Å². The number of piperidine rings is 1. The number of rotatable bonds is 5. The predicted molar refractivity (Wildman–Crippen MR) is 109 cm³/mol. The van der Waals surface area contributed by atoms with Crippen LogP contribution >= 0.6 is 15.9 Å². The van der Waals surface area contributed by atoms with Crippen LogP contribution in [0.5, 0.6) is 0 Å². The van der Waals surface area contributed by atoms with Crippen molar-refractivity contribution in [1.82, 2.24) is 14.8 Å². The maximum Gasteiger partial charge on any atom is 0.270 e. The van der Waals surface area contributed by atoms with Gasteiger partial charge in [0.15, 0.2) is 0 Å². The zero-order chi connectivity index (χ0) is 20.3. The Morgan fingerprint density at radius 1 is 1.25 bits per heavy atom. The Bertz CT molecular complexity index is 873. The molecule has 2 amide bonds. The molecule has 0 bridgehead atoms. The standard InChI is InChI=1S/C21H25BrFN3O2/c1-3-25-13-17(22)11-19(25)21(28)26-8-6-16(7-9-26)20(27)24-12-15-5-4-14(2)18(23)10-15/h4-5,10-11,13,16H,3,6-9,12H2,1-2H3,(H,24,27). The third-order valence-electron chi connectivity index (χ3n) is 5.28. The van der Waals surface area contributed by atoms with Gasteiger partial charge in [-0.1, -0.05) is 12.1 Å². The number of nitrogens with zero attached hydrogens (tertiary/aromatic N) is 2. The lowest BCUT2D eigenvalue weighted by Gasteiger charge is -2.31. The molecule has 0 aliphatic carbocycles. The second-order valence-corrected chi connectivity index (χ2v) is 8.11. The smallest absolute Gasteiger partial charge is 0.270 e. The quantitative estimate of drug-likeness (QED) is 0.752. The SMILES string of the molecule is CCn1cc(Br)cc1C(=O)N1CCC(C(=O)NCc2ccc(C)c(F)c2)CC1. The van der Waals surface area contributed by atoms with Crippen molar-refractivity contribution in [3.05, 3.63) is 57.6 Å². The molecule has 1 saturated heterocycles.